The van der Waals surface area contributed by atoms with E-state index in [0.717, 1.165) is 12.8 Å². The molecule has 9 heteroatoms. The fourth-order valence-corrected chi connectivity index (χ4v) is 3.44. The predicted molar refractivity (Wildman–Crippen MR) is 120 cm³/mol. The number of nitrogens with zero attached hydrogens (tertiary/aromatic N) is 2. The Hall–Kier alpha value is -2.71. The molecule has 32 heavy (non-hydrogen) atoms. The molecule has 0 aromatic heterocycles. The molecule has 1 aliphatic heterocycles. The molecule has 2 aromatic rings. The number of hydrogen-bond acceptors (Lipinski definition) is 5. The molecule has 1 saturated heterocycles. The molecule has 1 heterocycles. The average Bonchev–Trinajstić information content (AvgIpc) is 2.77. The third-order valence-corrected chi connectivity index (χ3v) is 5.43. The summed E-state index contributed by atoms with van der Waals surface area (Å²) in [5, 5.41) is 0.0276. The summed E-state index contributed by atoms with van der Waals surface area (Å²) in [5.41, 5.74) is 6.47. The predicted octanol–water partition coefficient (Wildman–Crippen LogP) is 3.78. The van der Waals surface area contributed by atoms with Crippen molar-refractivity contribution in [2.75, 3.05) is 32.8 Å². The molecule has 0 spiro atoms. The molecule has 0 radical (unpaired) electrons. The summed E-state index contributed by atoms with van der Waals surface area (Å²) < 4.78 is 37.8. The lowest BCUT2D eigenvalue weighted by atomic mass is 10.1. The van der Waals surface area contributed by atoms with Crippen LogP contribution in [0.2, 0.25) is 5.02 Å². The Morgan fingerprint density at radius 3 is 2.38 bits per heavy atom. The highest BCUT2D eigenvalue weighted by Crippen LogP contribution is 2.20. The number of benzene rings is 2. The topological polar surface area (TPSA) is 77.2 Å². The fraction of sp³-hybridized carbons (Fsp3) is 0.391. The van der Waals surface area contributed by atoms with Crippen molar-refractivity contribution in [2.45, 2.75) is 25.8 Å². The molecular formula is C23H26ClF2N3O3. The maximum Gasteiger partial charge on any atom is 0.184 e. The highest BCUT2D eigenvalue weighted by Gasteiger charge is 2.21. The minimum Gasteiger partial charge on any atom is -0.486 e. The van der Waals surface area contributed by atoms with E-state index in [4.69, 9.17) is 26.8 Å². The van der Waals surface area contributed by atoms with Gasteiger partial charge in [-0.1, -0.05) is 17.7 Å². The number of likely N-dealkylation sites (tertiary alicyclic amines) is 1. The van der Waals surface area contributed by atoms with Crippen LogP contribution in [0.3, 0.4) is 0 Å². The molecule has 0 atom stereocenters. The Labute approximate surface area is 191 Å². The standard InChI is InChI=1S/C23H26ClF2N3O3/c1-15-2-3-18(10-21(15)25)31-13-17(30)12-29-8-6-16(7-9-29)28-23(27)14-32-19-4-5-20(24)22(26)11-19/h2-5,10-11,16H,6-9,12-14H2,1H3,(H2,27,28). The zero-order valence-corrected chi connectivity index (χ0v) is 18.6. The molecule has 172 valence electrons. The van der Waals surface area contributed by atoms with Crippen molar-refractivity contribution < 1.29 is 23.0 Å². The SMILES string of the molecule is Cc1ccc(OCC(=O)CN2CCC(N=C(N)COc3ccc(Cl)c(F)c3)CC2)cc1F. The number of piperidine rings is 1. The van der Waals surface area contributed by atoms with Gasteiger partial charge in [-0.15, -0.1) is 0 Å². The van der Waals surface area contributed by atoms with Crippen molar-refractivity contribution in [3.05, 3.63) is 58.6 Å². The molecule has 1 aliphatic rings. The van der Waals surface area contributed by atoms with E-state index in [-0.39, 0.29) is 42.4 Å². The first-order valence-electron chi connectivity index (χ1n) is 10.3. The van der Waals surface area contributed by atoms with E-state index in [0.29, 0.717) is 36.0 Å². The highest BCUT2D eigenvalue weighted by molar-refractivity contribution is 6.30. The first-order valence-corrected chi connectivity index (χ1v) is 10.7. The van der Waals surface area contributed by atoms with Crippen LogP contribution in [-0.2, 0) is 4.79 Å². The molecule has 0 unspecified atom stereocenters. The van der Waals surface area contributed by atoms with Gasteiger partial charge in [0.25, 0.3) is 0 Å². The van der Waals surface area contributed by atoms with Crippen molar-refractivity contribution in [3.8, 4) is 11.5 Å². The maximum absolute atomic E-state index is 13.5. The largest absolute Gasteiger partial charge is 0.486 e. The lowest BCUT2D eigenvalue weighted by molar-refractivity contribution is -0.122. The van der Waals surface area contributed by atoms with Crippen LogP contribution >= 0.6 is 11.6 Å². The molecule has 2 aromatic carbocycles. The zero-order valence-electron chi connectivity index (χ0n) is 17.8. The third kappa shape index (κ3) is 7.17. The Balaban J connectivity index is 1.37. The first-order chi connectivity index (χ1) is 15.3. The average molecular weight is 466 g/mol. The van der Waals surface area contributed by atoms with Gasteiger partial charge in [-0.2, -0.15) is 0 Å². The van der Waals surface area contributed by atoms with Crippen LogP contribution < -0.4 is 15.2 Å². The second-order valence-corrected chi connectivity index (χ2v) is 8.14. The quantitative estimate of drug-likeness (QED) is 0.450. The van der Waals surface area contributed by atoms with Crippen molar-refractivity contribution in [2.24, 2.45) is 10.7 Å². The van der Waals surface area contributed by atoms with E-state index in [1.807, 2.05) is 4.90 Å². The normalized spacial score (nSPS) is 15.6. The second-order valence-electron chi connectivity index (χ2n) is 7.73. The number of rotatable bonds is 9. The van der Waals surface area contributed by atoms with Crippen LogP contribution in [0.15, 0.2) is 41.4 Å². The Morgan fingerprint density at radius 1 is 1.09 bits per heavy atom. The summed E-state index contributed by atoms with van der Waals surface area (Å²) in [7, 11) is 0. The van der Waals surface area contributed by atoms with Gasteiger partial charge in [0.2, 0.25) is 0 Å². The van der Waals surface area contributed by atoms with Crippen LogP contribution in [0.5, 0.6) is 11.5 Å². The van der Waals surface area contributed by atoms with Gasteiger partial charge >= 0.3 is 0 Å². The number of amidine groups is 1. The molecule has 1 fully saturated rings. The van der Waals surface area contributed by atoms with E-state index in [1.54, 1.807) is 25.1 Å². The van der Waals surface area contributed by atoms with Gasteiger partial charge in [0.15, 0.2) is 5.78 Å². The Bertz CT molecular complexity index is 979. The third-order valence-electron chi connectivity index (χ3n) is 5.13. The smallest absolute Gasteiger partial charge is 0.184 e. The van der Waals surface area contributed by atoms with E-state index in [9.17, 15) is 13.6 Å². The molecular weight excluding hydrogens is 440 g/mol. The molecule has 3 rings (SSSR count). The van der Waals surface area contributed by atoms with Crippen molar-refractivity contribution in [1.82, 2.24) is 4.90 Å². The van der Waals surface area contributed by atoms with Crippen LogP contribution in [0.1, 0.15) is 18.4 Å². The number of halogens is 3. The van der Waals surface area contributed by atoms with Crippen LogP contribution in [0.4, 0.5) is 8.78 Å². The monoisotopic (exact) mass is 465 g/mol. The number of nitrogens with two attached hydrogens (primary N) is 1. The maximum atomic E-state index is 13.5. The van der Waals surface area contributed by atoms with E-state index in [2.05, 4.69) is 4.99 Å². The number of aryl methyl sites for hydroxylation is 1. The van der Waals surface area contributed by atoms with Crippen LogP contribution in [0, 0.1) is 18.6 Å². The summed E-state index contributed by atoms with van der Waals surface area (Å²) in [4.78, 5) is 18.7. The zero-order chi connectivity index (χ0) is 23.1. The molecule has 0 bridgehead atoms. The first kappa shape index (κ1) is 23.9. The van der Waals surface area contributed by atoms with Crippen molar-refractivity contribution in [1.29, 1.82) is 0 Å². The highest BCUT2D eigenvalue weighted by atomic mass is 35.5. The Kier molecular flexibility index (Phi) is 8.41. The minimum absolute atomic E-state index is 0.0276. The fourth-order valence-electron chi connectivity index (χ4n) is 3.32. The second kappa shape index (κ2) is 11.2. The van der Waals surface area contributed by atoms with Crippen LogP contribution in [0.25, 0.3) is 0 Å². The Morgan fingerprint density at radius 2 is 1.72 bits per heavy atom. The van der Waals surface area contributed by atoms with Gasteiger partial charge in [-0.05, 0) is 43.5 Å². The number of hydrogen-bond donors (Lipinski definition) is 1. The summed E-state index contributed by atoms with van der Waals surface area (Å²) >= 11 is 5.65. The number of carbonyl (C=O) groups excluding carboxylic acids is 1. The number of Topliss-reactive ketones (excluding diaryl/α,β-unsaturated/α-hetero) is 1. The number of ketones is 1. The van der Waals surface area contributed by atoms with Crippen LogP contribution in [-0.4, -0.2) is 55.4 Å². The number of aliphatic imine (C=N–C) groups is 1. The molecule has 2 N–H and O–H groups in total. The number of ether oxygens (including phenoxy) is 2. The van der Waals surface area contributed by atoms with Gasteiger partial charge in [0.1, 0.15) is 42.2 Å². The van der Waals surface area contributed by atoms with Gasteiger partial charge in [0.05, 0.1) is 17.6 Å². The molecule has 0 saturated carbocycles. The van der Waals surface area contributed by atoms with Gasteiger partial charge in [0, 0.05) is 25.2 Å². The van der Waals surface area contributed by atoms with E-state index in [1.165, 1.54) is 18.2 Å². The van der Waals surface area contributed by atoms with Crippen molar-refractivity contribution >= 4 is 23.2 Å². The molecule has 6 nitrogen and oxygen atoms in total. The molecule has 0 aliphatic carbocycles. The van der Waals surface area contributed by atoms with Gasteiger partial charge in [-0.25, -0.2) is 8.78 Å². The summed E-state index contributed by atoms with van der Waals surface area (Å²) in [6.45, 7) is 3.29. The molecule has 0 amide bonds. The van der Waals surface area contributed by atoms with Gasteiger partial charge < -0.3 is 15.2 Å². The summed E-state index contributed by atoms with van der Waals surface area (Å²) in [5.74, 6) is 0.00719. The van der Waals surface area contributed by atoms with Gasteiger partial charge in [-0.3, -0.25) is 14.7 Å². The minimum atomic E-state index is -0.557. The van der Waals surface area contributed by atoms with E-state index < -0.39 is 5.82 Å². The number of carbonyl (C=O) groups is 1. The lowest BCUT2D eigenvalue weighted by Crippen LogP contribution is -2.40. The summed E-state index contributed by atoms with van der Waals surface area (Å²) in [6.07, 6.45) is 1.52. The van der Waals surface area contributed by atoms with Crippen molar-refractivity contribution in [3.63, 3.8) is 0 Å². The van der Waals surface area contributed by atoms with E-state index >= 15 is 0 Å². The lowest BCUT2D eigenvalue weighted by Gasteiger charge is -2.29. The summed E-state index contributed by atoms with van der Waals surface area (Å²) in [6, 6.07) is 8.76.